The van der Waals surface area contributed by atoms with Gasteiger partial charge in [0.05, 0.1) is 13.3 Å². The molecule has 14 heavy (non-hydrogen) atoms. The van der Waals surface area contributed by atoms with Crippen LogP contribution in [0.15, 0.2) is 11.0 Å². The Hall–Kier alpha value is -0.970. The van der Waals surface area contributed by atoms with Crippen LogP contribution in [0.2, 0.25) is 0 Å². The highest BCUT2D eigenvalue weighted by atomic mass is 32.2. The minimum Gasteiger partial charge on any atom is -0.490 e. The van der Waals surface area contributed by atoms with Crippen LogP contribution in [0.5, 0.6) is 5.75 Å². The minimum atomic E-state index is -0.207. The SMILES string of the molecule is COc1cnc(CCCSC)[nH]c1=O. The molecule has 1 heterocycles. The maximum atomic E-state index is 11.3. The zero-order chi connectivity index (χ0) is 10.4. The van der Waals surface area contributed by atoms with E-state index in [0.29, 0.717) is 0 Å². The number of rotatable bonds is 5. The summed E-state index contributed by atoms with van der Waals surface area (Å²) >= 11 is 1.79. The third-order valence-corrected chi connectivity index (χ3v) is 2.50. The van der Waals surface area contributed by atoms with Crippen LogP contribution in [0.1, 0.15) is 12.2 Å². The van der Waals surface area contributed by atoms with Gasteiger partial charge in [0.1, 0.15) is 5.82 Å². The Kier molecular flexibility index (Phi) is 4.52. The van der Waals surface area contributed by atoms with Gasteiger partial charge in [-0.15, -0.1) is 0 Å². The Bertz CT molecular complexity index is 338. The molecule has 0 aromatic carbocycles. The molecule has 0 fully saturated rings. The molecule has 5 heteroatoms. The van der Waals surface area contributed by atoms with Gasteiger partial charge in [0.25, 0.3) is 5.56 Å². The fourth-order valence-electron chi connectivity index (χ4n) is 1.08. The van der Waals surface area contributed by atoms with Crippen molar-refractivity contribution in [2.24, 2.45) is 0 Å². The summed E-state index contributed by atoms with van der Waals surface area (Å²) in [7, 11) is 1.46. The number of methoxy groups -OCH3 is 1. The lowest BCUT2D eigenvalue weighted by Crippen LogP contribution is -2.13. The summed E-state index contributed by atoms with van der Waals surface area (Å²) in [5, 5.41) is 0. The number of thioether (sulfide) groups is 1. The highest BCUT2D eigenvalue weighted by Crippen LogP contribution is 2.02. The summed E-state index contributed by atoms with van der Waals surface area (Å²) < 4.78 is 4.82. The van der Waals surface area contributed by atoms with Crippen molar-refractivity contribution in [1.82, 2.24) is 9.97 Å². The van der Waals surface area contributed by atoms with Gasteiger partial charge in [-0.1, -0.05) is 0 Å². The van der Waals surface area contributed by atoms with Crippen molar-refractivity contribution in [2.45, 2.75) is 12.8 Å². The van der Waals surface area contributed by atoms with Crippen molar-refractivity contribution < 1.29 is 4.74 Å². The zero-order valence-corrected chi connectivity index (χ0v) is 9.19. The number of H-pyrrole nitrogens is 1. The number of aryl methyl sites for hydroxylation is 1. The second-order valence-electron chi connectivity index (χ2n) is 2.82. The van der Waals surface area contributed by atoms with Gasteiger partial charge in [-0.05, 0) is 18.4 Å². The van der Waals surface area contributed by atoms with Crippen LogP contribution < -0.4 is 10.3 Å². The lowest BCUT2D eigenvalue weighted by Gasteiger charge is -2.01. The Morgan fingerprint density at radius 2 is 2.43 bits per heavy atom. The molecular formula is C9H14N2O2S. The van der Waals surface area contributed by atoms with Gasteiger partial charge in [-0.25, -0.2) is 4.98 Å². The first kappa shape index (κ1) is 11.1. The first-order valence-electron chi connectivity index (χ1n) is 4.39. The predicted octanol–water partition coefficient (Wildman–Crippen LogP) is 1.07. The monoisotopic (exact) mass is 214 g/mol. The van der Waals surface area contributed by atoms with Crippen molar-refractivity contribution in [3.63, 3.8) is 0 Å². The second-order valence-corrected chi connectivity index (χ2v) is 3.81. The standard InChI is InChI=1S/C9H14N2O2S/c1-13-7-6-10-8(11-9(7)12)4-3-5-14-2/h6H,3-5H2,1-2H3,(H,10,11,12). The van der Waals surface area contributed by atoms with Crippen molar-refractivity contribution in [3.8, 4) is 5.75 Å². The van der Waals surface area contributed by atoms with Gasteiger partial charge in [-0.3, -0.25) is 4.79 Å². The highest BCUT2D eigenvalue weighted by Gasteiger charge is 2.01. The van der Waals surface area contributed by atoms with Crippen LogP contribution in [0.25, 0.3) is 0 Å². The van der Waals surface area contributed by atoms with E-state index in [2.05, 4.69) is 16.2 Å². The highest BCUT2D eigenvalue weighted by molar-refractivity contribution is 7.98. The van der Waals surface area contributed by atoms with Gasteiger partial charge in [0.15, 0.2) is 0 Å². The largest absolute Gasteiger partial charge is 0.490 e. The maximum absolute atomic E-state index is 11.3. The summed E-state index contributed by atoms with van der Waals surface area (Å²) in [4.78, 5) is 18.1. The quantitative estimate of drug-likeness (QED) is 0.745. The molecule has 0 saturated carbocycles. The van der Waals surface area contributed by atoms with Crippen LogP contribution >= 0.6 is 11.8 Å². The molecule has 0 aliphatic carbocycles. The molecule has 0 radical (unpaired) electrons. The molecule has 0 bridgehead atoms. The fraction of sp³-hybridized carbons (Fsp3) is 0.556. The number of nitrogens with one attached hydrogen (secondary N) is 1. The Balaban J connectivity index is 2.62. The van der Waals surface area contributed by atoms with Gasteiger partial charge in [0, 0.05) is 6.42 Å². The van der Waals surface area contributed by atoms with Gasteiger partial charge >= 0.3 is 0 Å². The lowest BCUT2D eigenvalue weighted by molar-refractivity contribution is 0.405. The number of aromatic amines is 1. The van der Waals surface area contributed by atoms with E-state index in [4.69, 9.17) is 4.74 Å². The van der Waals surface area contributed by atoms with Crippen molar-refractivity contribution >= 4 is 11.8 Å². The summed E-state index contributed by atoms with van der Waals surface area (Å²) in [6, 6.07) is 0. The zero-order valence-electron chi connectivity index (χ0n) is 8.37. The van der Waals surface area contributed by atoms with E-state index in [1.807, 2.05) is 0 Å². The van der Waals surface area contributed by atoms with Gasteiger partial charge in [-0.2, -0.15) is 11.8 Å². The molecular weight excluding hydrogens is 200 g/mol. The summed E-state index contributed by atoms with van der Waals surface area (Å²) in [5.74, 6) is 2.07. The first-order chi connectivity index (χ1) is 6.77. The molecule has 0 saturated heterocycles. The Morgan fingerprint density at radius 1 is 1.64 bits per heavy atom. The van der Waals surface area contributed by atoms with E-state index in [9.17, 15) is 4.79 Å². The molecule has 0 aliphatic heterocycles. The molecule has 1 rings (SSSR count). The van der Waals surface area contributed by atoms with E-state index in [0.717, 1.165) is 24.4 Å². The third-order valence-electron chi connectivity index (χ3n) is 1.80. The predicted molar refractivity (Wildman–Crippen MR) is 58.1 cm³/mol. The van der Waals surface area contributed by atoms with Crippen molar-refractivity contribution in [2.75, 3.05) is 19.1 Å². The molecule has 1 aromatic heterocycles. The average Bonchev–Trinajstić information content (AvgIpc) is 2.18. The lowest BCUT2D eigenvalue weighted by atomic mass is 10.3. The topological polar surface area (TPSA) is 55.0 Å². The Labute approximate surface area is 87.1 Å². The van der Waals surface area contributed by atoms with Gasteiger partial charge < -0.3 is 9.72 Å². The van der Waals surface area contributed by atoms with E-state index in [-0.39, 0.29) is 11.3 Å². The number of hydrogen-bond donors (Lipinski definition) is 1. The molecule has 0 amide bonds. The van der Waals surface area contributed by atoms with E-state index >= 15 is 0 Å². The normalized spacial score (nSPS) is 10.1. The molecule has 0 aliphatic rings. The summed E-state index contributed by atoms with van der Waals surface area (Å²) in [5.41, 5.74) is -0.207. The van der Waals surface area contributed by atoms with Crippen molar-refractivity contribution in [3.05, 3.63) is 22.4 Å². The molecule has 0 spiro atoms. The molecule has 0 atom stereocenters. The number of aromatic nitrogens is 2. The molecule has 78 valence electrons. The van der Waals surface area contributed by atoms with Gasteiger partial charge in [0.2, 0.25) is 5.75 Å². The molecule has 1 N–H and O–H groups in total. The number of nitrogens with zero attached hydrogens (tertiary/aromatic N) is 1. The second kappa shape index (κ2) is 5.70. The van der Waals surface area contributed by atoms with Crippen LogP contribution in [0.4, 0.5) is 0 Å². The summed E-state index contributed by atoms with van der Waals surface area (Å²) in [6.45, 7) is 0. The van der Waals surface area contributed by atoms with Crippen LogP contribution in [-0.4, -0.2) is 29.1 Å². The maximum Gasteiger partial charge on any atom is 0.293 e. The minimum absolute atomic E-state index is 0.207. The van der Waals surface area contributed by atoms with Crippen molar-refractivity contribution in [1.29, 1.82) is 0 Å². The van der Waals surface area contributed by atoms with E-state index < -0.39 is 0 Å². The molecule has 1 aromatic rings. The van der Waals surface area contributed by atoms with E-state index in [1.165, 1.54) is 13.3 Å². The summed E-state index contributed by atoms with van der Waals surface area (Å²) in [6.07, 6.45) is 5.36. The number of ether oxygens (including phenoxy) is 1. The van der Waals surface area contributed by atoms with Crippen LogP contribution in [-0.2, 0) is 6.42 Å². The third kappa shape index (κ3) is 3.06. The molecule has 0 unspecified atom stereocenters. The van der Waals surface area contributed by atoms with Crippen LogP contribution in [0.3, 0.4) is 0 Å². The van der Waals surface area contributed by atoms with Crippen LogP contribution in [0, 0.1) is 0 Å². The first-order valence-corrected chi connectivity index (χ1v) is 5.78. The number of hydrogen-bond acceptors (Lipinski definition) is 4. The average molecular weight is 214 g/mol. The Morgan fingerprint density at radius 3 is 3.00 bits per heavy atom. The van der Waals surface area contributed by atoms with E-state index in [1.54, 1.807) is 11.8 Å². The fourth-order valence-corrected chi connectivity index (χ4v) is 1.51. The molecule has 4 nitrogen and oxygen atoms in total. The smallest absolute Gasteiger partial charge is 0.293 e.